The molecule has 0 aromatic rings. The molecule has 0 aliphatic rings. The second-order valence-corrected chi connectivity index (χ2v) is 1.68. The van der Waals surface area contributed by atoms with E-state index in [0.29, 0.717) is 6.61 Å². The third-order valence-corrected chi connectivity index (χ3v) is 0.699. The Bertz CT molecular complexity index is 122. The van der Waals surface area contributed by atoms with E-state index < -0.39 is 5.97 Å². The maximum atomic E-state index is 10.4. The molecule has 57 valence electrons. The average molecular weight is 186 g/mol. The minimum Gasteiger partial charge on any atom is -0.466 e. The average Bonchev–Trinajstić information content (AvgIpc) is 1.63. The van der Waals surface area contributed by atoms with Crippen LogP contribution in [0.1, 0.15) is 20.3 Å². The van der Waals surface area contributed by atoms with Gasteiger partial charge >= 0.3 is 23.0 Å². The Labute approximate surface area is 70.6 Å². The normalized spacial score (nSPS) is 7.80. The molecule has 0 rings (SSSR count). The summed E-state index contributed by atoms with van der Waals surface area (Å²) < 4.78 is 4.49. The predicted octanol–water partition coefficient (Wildman–Crippen LogP) is 0.526. The monoisotopic (exact) mass is 186 g/mol. The predicted molar refractivity (Wildman–Crippen MR) is 31.9 cm³/mol. The van der Waals surface area contributed by atoms with Gasteiger partial charge in [-0.1, -0.05) is 0 Å². The number of carbonyl (C=O) groups is 2. The summed E-state index contributed by atoms with van der Waals surface area (Å²) in [6, 6.07) is 0. The van der Waals surface area contributed by atoms with Gasteiger partial charge in [-0.15, -0.1) is 0 Å². The summed E-state index contributed by atoms with van der Waals surface area (Å²) in [7, 11) is 0. The van der Waals surface area contributed by atoms with Crippen LogP contribution < -0.4 is 0 Å². The van der Waals surface area contributed by atoms with Crippen molar-refractivity contribution in [2.24, 2.45) is 0 Å². The van der Waals surface area contributed by atoms with Crippen molar-refractivity contribution in [2.45, 2.75) is 20.3 Å². The van der Waals surface area contributed by atoms with Gasteiger partial charge in [-0.25, -0.2) is 0 Å². The van der Waals surface area contributed by atoms with Crippen molar-refractivity contribution in [1.29, 1.82) is 0 Å². The van der Waals surface area contributed by atoms with Gasteiger partial charge < -0.3 is 4.74 Å². The Morgan fingerprint density at radius 1 is 1.40 bits per heavy atom. The van der Waals surface area contributed by atoms with Crippen molar-refractivity contribution < 1.29 is 31.4 Å². The van der Waals surface area contributed by atoms with Crippen molar-refractivity contribution in [3.05, 3.63) is 0 Å². The second kappa shape index (κ2) is 6.77. The summed E-state index contributed by atoms with van der Waals surface area (Å²) >= 11 is 0. The van der Waals surface area contributed by atoms with E-state index >= 15 is 0 Å². The molecule has 0 aliphatic carbocycles. The zero-order valence-corrected chi connectivity index (χ0v) is 7.10. The third-order valence-electron chi connectivity index (χ3n) is 0.699. The van der Waals surface area contributed by atoms with Crippen molar-refractivity contribution in [2.75, 3.05) is 6.61 Å². The molecule has 10 heavy (non-hydrogen) atoms. The number of esters is 1. The Hall–Kier alpha value is -0.341. The quantitative estimate of drug-likeness (QED) is 0.366. The molecule has 4 heteroatoms. The summed E-state index contributed by atoms with van der Waals surface area (Å²) in [5.74, 6) is -0.599. The van der Waals surface area contributed by atoms with Gasteiger partial charge in [0.1, 0.15) is 12.2 Å². The van der Waals surface area contributed by atoms with Gasteiger partial charge in [0.05, 0.1) is 6.61 Å². The van der Waals surface area contributed by atoms with Crippen molar-refractivity contribution in [3.8, 4) is 0 Å². The maximum Gasteiger partial charge on any atom is 3.00 e. The number of carbonyl (C=O) groups excluding carboxylic acids is 2. The number of ether oxygens (including phenoxy) is 1. The molecule has 0 bridgehead atoms. The van der Waals surface area contributed by atoms with Gasteiger partial charge in [-0.2, -0.15) is 0 Å². The number of Topliss-reactive ketones (excluding diaryl/α,β-unsaturated/α-hetero) is 1. The van der Waals surface area contributed by atoms with Crippen LogP contribution in [-0.4, -0.2) is 18.4 Å². The van der Waals surface area contributed by atoms with Crippen LogP contribution in [0.15, 0.2) is 0 Å². The first kappa shape index (κ1) is 12.3. The second-order valence-electron chi connectivity index (χ2n) is 1.68. The van der Waals surface area contributed by atoms with E-state index in [9.17, 15) is 9.59 Å². The molecule has 0 saturated carbocycles. The summed E-state index contributed by atoms with van der Waals surface area (Å²) in [6.45, 7) is 3.40. The van der Waals surface area contributed by atoms with E-state index in [1.165, 1.54) is 6.92 Å². The van der Waals surface area contributed by atoms with E-state index in [1.807, 2.05) is 0 Å². The molecule has 1 radical (unpaired) electrons. The third kappa shape index (κ3) is 7.66. The molecule has 0 N–H and O–H groups in total. The van der Waals surface area contributed by atoms with Crippen LogP contribution in [-0.2, 0) is 31.4 Å². The molecule has 0 amide bonds. The molecule has 0 heterocycles. The molecule has 0 atom stereocenters. The fraction of sp³-hybridized carbons (Fsp3) is 0.667. The molecule has 3 nitrogen and oxygen atoms in total. The van der Waals surface area contributed by atoms with Gasteiger partial charge in [0, 0.05) is 0 Å². The molecule has 0 unspecified atom stereocenters. The fourth-order valence-corrected chi connectivity index (χ4v) is 0.415. The van der Waals surface area contributed by atoms with E-state index in [0.717, 1.165) is 0 Å². The zero-order chi connectivity index (χ0) is 7.28. The molecule has 0 fully saturated rings. The first-order valence-electron chi connectivity index (χ1n) is 2.82. The van der Waals surface area contributed by atoms with Crippen LogP contribution >= 0.6 is 0 Å². The Morgan fingerprint density at radius 2 is 1.90 bits per heavy atom. The SMILES string of the molecule is CCOC(=O)CC(C)=O.[Fe+3]. The first-order valence-corrected chi connectivity index (χ1v) is 2.82. The van der Waals surface area contributed by atoms with Crippen molar-refractivity contribution in [1.82, 2.24) is 0 Å². The van der Waals surface area contributed by atoms with Crippen LogP contribution in [0.25, 0.3) is 0 Å². The van der Waals surface area contributed by atoms with Crippen LogP contribution in [0.2, 0.25) is 0 Å². The molecule has 0 aromatic heterocycles. The van der Waals surface area contributed by atoms with Gasteiger partial charge in [-0.3, -0.25) is 9.59 Å². The van der Waals surface area contributed by atoms with Crippen LogP contribution in [0.5, 0.6) is 0 Å². The molecule has 0 spiro atoms. The number of rotatable bonds is 3. The van der Waals surface area contributed by atoms with Gasteiger partial charge in [0.25, 0.3) is 0 Å². The summed E-state index contributed by atoms with van der Waals surface area (Å²) in [5, 5.41) is 0. The van der Waals surface area contributed by atoms with E-state index in [2.05, 4.69) is 4.74 Å². The Morgan fingerprint density at radius 3 is 2.20 bits per heavy atom. The zero-order valence-electron chi connectivity index (χ0n) is 5.99. The Kier molecular flexibility index (Phi) is 8.36. The van der Waals surface area contributed by atoms with Gasteiger partial charge in [-0.05, 0) is 13.8 Å². The van der Waals surface area contributed by atoms with Crippen molar-refractivity contribution >= 4 is 11.8 Å². The smallest absolute Gasteiger partial charge is 0.466 e. The number of ketones is 1. The largest absolute Gasteiger partial charge is 3.00 e. The minimum atomic E-state index is -0.440. The Balaban J connectivity index is 0. The fourth-order valence-electron chi connectivity index (χ4n) is 0.415. The van der Waals surface area contributed by atoms with Crippen LogP contribution in [0, 0.1) is 0 Å². The summed E-state index contributed by atoms with van der Waals surface area (Å²) in [5.41, 5.74) is 0. The van der Waals surface area contributed by atoms with Crippen LogP contribution in [0.4, 0.5) is 0 Å². The minimum absolute atomic E-state index is 0. The van der Waals surface area contributed by atoms with Crippen LogP contribution in [0.3, 0.4) is 0 Å². The summed E-state index contributed by atoms with van der Waals surface area (Å²) in [6.07, 6.45) is -0.103. The maximum absolute atomic E-state index is 10.4. The van der Waals surface area contributed by atoms with Crippen molar-refractivity contribution in [3.63, 3.8) is 0 Å². The molecule has 0 saturated heterocycles. The van der Waals surface area contributed by atoms with E-state index in [1.54, 1.807) is 6.92 Å². The molecular weight excluding hydrogens is 176 g/mol. The molecular formula is C6H10FeO3+3. The first-order chi connectivity index (χ1) is 4.16. The number of hydrogen-bond donors (Lipinski definition) is 0. The number of hydrogen-bond acceptors (Lipinski definition) is 3. The van der Waals surface area contributed by atoms with Gasteiger partial charge in [0.2, 0.25) is 0 Å². The van der Waals surface area contributed by atoms with E-state index in [4.69, 9.17) is 0 Å². The topological polar surface area (TPSA) is 43.4 Å². The van der Waals surface area contributed by atoms with Gasteiger partial charge in [0.15, 0.2) is 0 Å². The molecule has 0 aromatic carbocycles. The van der Waals surface area contributed by atoms with E-state index in [-0.39, 0.29) is 29.3 Å². The molecule has 0 aliphatic heterocycles. The summed E-state index contributed by atoms with van der Waals surface area (Å²) in [4.78, 5) is 20.6. The standard InChI is InChI=1S/C6H10O3.Fe/c1-3-9-6(8)4-5(2)7;/h3-4H2,1-2H3;/q;+3.